The number of hydrogen-bond acceptors (Lipinski definition) is 1. The Balaban J connectivity index is 1.65. The third-order valence-corrected chi connectivity index (χ3v) is 5.13. The molecule has 1 heteroatoms. The zero-order valence-corrected chi connectivity index (χ0v) is 11.8. The monoisotopic (exact) mass is 238 g/mol. The van der Waals surface area contributed by atoms with E-state index in [2.05, 4.69) is 13.8 Å². The topological polar surface area (TPSA) is 9.23 Å². The third-order valence-electron chi connectivity index (χ3n) is 5.13. The van der Waals surface area contributed by atoms with Crippen LogP contribution in [0.15, 0.2) is 0 Å². The molecule has 0 aromatic carbocycles. The molecule has 2 aliphatic carbocycles. The molecule has 0 unspecified atom stereocenters. The minimum atomic E-state index is 0.598. The highest BCUT2D eigenvalue weighted by molar-refractivity contribution is 4.76. The zero-order chi connectivity index (χ0) is 12.1. The second-order valence-corrected chi connectivity index (χ2v) is 6.24. The van der Waals surface area contributed by atoms with Crippen LogP contribution in [0.1, 0.15) is 78.1 Å². The van der Waals surface area contributed by atoms with Gasteiger partial charge in [0.15, 0.2) is 0 Å². The molecule has 0 aliphatic heterocycles. The van der Waals surface area contributed by atoms with Crippen molar-refractivity contribution < 1.29 is 4.74 Å². The van der Waals surface area contributed by atoms with Gasteiger partial charge < -0.3 is 4.74 Å². The molecule has 0 spiro atoms. The van der Waals surface area contributed by atoms with E-state index in [0.717, 1.165) is 11.8 Å². The van der Waals surface area contributed by atoms with Crippen LogP contribution >= 0.6 is 0 Å². The molecule has 2 saturated carbocycles. The van der Waals surface area contributed by atoms with Gasteiger partial charge in [-0.25, -0.2) is 0 Å². The lowest BCUT2D eigenvalue weighted by Crippen LogP contribution is -2.29. The summed E-state index contributed by atoms with van der Waals surface area (Å²) in [5, 5.41) is 0. The maximum absolute atomic E-state index is 6.32. The number of ether oxygens (including phenoxy) is 1. The van der Waals surface area contributed by atoms with Gasteiger partial charge in [-0.05, 0) is 63.2 Å². The van der Waals surface area contributed by atoms with Crippen molar-refractivity contribution in [1.29, 1.82) is 0 Å². The van der Waals surface area contributed by atoms with Crippen molar-refractivity contribution in [2.45, 2.75) is 90.3 Å². The molecule has 1 nitrogen and oxygen atoms in total. The van der Waals surface area contributed by atoms with Crippen molar-refractivity contribution >= 4 is 0 Å². The summed E-state index contributed by atoms with van der Waals surface area (Å²) in [6.45, 7) is 4.66. The molecule has 0 N–H and O–H groups in total. The first-order valence-electron chi connectivity index (χ1n) is 7.97. The Morgan fingerprint density at radius 1 is 0.647 bits per heavy atom. The average molecular weight is 238 g/mol. The molecule has 0 bridgehead atoms. The van der Waals surface area contributed by atoms with E-state index in [1.165, 1.54) is 64.2 Å². The third kappa shape index (κ3) is 3.98. The Morgan fingerprint density at radius 3 is 1.29 bits per heavy atom. The normalized spacial score (nSPS) is 39.2. The first-order valence-corrected chi connectivity index (χ1v) is 7.97. The molecule has 0 atom stereocenters. The molecular weight excluding hydrogens is 208 g/mol. The summed E-state index contributed by atoms with van der Waals surface area (Å²) in [6.07, 6.45) is 14.9. The van der Waals surface area contributed by atoms with Crippen molar-refractivity contribution in [3.8, 4) is 0 Å². The molecule has 2 fully saturated rings. The molecule has 2 rings (SSSR count). The summed E-state index contributed by atoms with van der Waals surface area (Å²) in [7, 11) is 0. The van der Waals surface area contributed by atoms with E-state index in [1.807, 2.05) is 0 Å². The quantitative estimate of drug-likeness (QED) is 0.674. The summed E-state index contributed by atoms with van der Waals surface area (Å²) >= 11 is 0. The van der Waals surface area contributed by atoms with Crippen molar-refractivity contribution in [3.63, 3.8) is 0 Å². The molecule has 0 aromatic heterocycles. The van der Waals surface area contributed by atoms with Gasteiger partial charge in [0.25, 0.3) is 0 Å². The minimum absolute atomic E-state index is 0.598. The van der Waals surface area contributed by atoms with Crippen LogP contribution in [-0.2, 0) is 4.74 Å². The lowest BCUT2D eigenvalue weighted by molar-refractivity contribution is -0.0566. The van der Waals surface area contributed by atoms with Crippen LogP contribution in [0.4, 0.5) is 0 Å². The van der Waals surface area contributed by atoms with Crippen LogP contribution in [0.25, 0.3) is 0 Å². The highest BCUT2D eigenvalue weighted by Crippen LogP contribution is 2.33. The van der Waals surface area contributed by atoms with Gasteiger partial charge in [-0.2, -0.15) is 0 Å². The predicted molar refractivity (Wildman–Crippen MR) is 73.2 cm³/mol. The fraction of sp³-hybridized carbons (Fsp3) is 1.00. The van der Waals surface area contributed by atoms with Crippen LogP contribution in [-0.4, -0.2) is 12.2 Å². The fourth-order valence-electron chi connectivity index (χ4n) is 3.62. The molecule has 0 amide bonds. The molecule has 100 valence electrons. The van der Waals surface area contributed by atoms with Gasteiger partial charge in [0, 0.05) is 0 Å². The standard InChI is InChI=1S/C16H30O/c1-3-13-5-9-15(10-6-13)17-16-11-7-14(4-2)8-12-16/h13-16H,3-12H2,1-2H3. The van der Waals surface area contributed by atoms with Crippen molar-refractivity contribution in [2.24, 2.45) is 11.8 Å². The van der Waals surface area contributed by atoms with E-state index >= 15 is 0 Å². The minimum Gasteiger partial charge on any atom is -0.375 e. The van der Waals surface area contributed by atoms with Crippen LogP contribution in [0.2, 0.25) is 0 Å². The first-order chi connectivity index (χ1) is 8.31. The van der Waals surface area contributed by atoms with E-state index in [1.54, 1.807) is 0 Å². The zero-order valence-electron chi connectivity index (χ0n) is 11.8. The van der Waals surface area contributed by atoms with E-state index in [0.29, 0.717) is 12.2 Å². The van der Waals surface area contributed by atoms with E-state index < -0.39 is 0 Å². The molecule has 2 aliphatic rings. The summed E-state index contributed by atoms with van der Waals surface area (Å²) in [5.41, 5.74) is 0. The van der Waals surface area contributed by atoms with Gasteiger partial charge in [-0.15, -0.1) is 0 Å². The van der Waals surface area contributed by atoms with Crippen LogP contribution < -0.4 is 0 Å². The van der Waals surface area contributed by atoms with E-state index in [4.69, 9.17) is 4.74 Å². The first kappa shape index (κ1) is 13.4. The molecule has 0 aromatic rings. The fourth-order valence-corrected chi connectivity index (χ4v) is 3.62. The van der Waals surface area contributed by atoms with Gasteiger partial charge in [-0.1, -0.05) is 26.7 Å². The van der Waals surface area contributed by atoms with E-state index in [-0.39, 0.29) is 0 Å². The van der Waals surface area contributed by atoms with E-state index in [9.17, 15) is 0 Å². The smallest absolute Gasteiger partial charge is 0.0579 e. The largest absolute Gasteiger partial charge is 0.375 e. The van der Waals surface area contributed by atoms with Gasteiger partial charge in [0.2, 0.25) is 0 Å². The van der Waals surface area contributed by atoms with Gasteiger partial charge in [0.05, 0.1) is 12.2 Å². The number of hydrogen-bond donors (Lipinski definition) is 0. The maximum atomic E-state index is 6.32. The lowest BCUT2D eigenvalue weighted by Gasteiger charge is -2.34. The molecule has 0 radical (unpaired) electrons. The maximum Gasteiger partial charge on any atom is 0.0579 e. The number of rotatable bonds is 4. The summed E-state index contributed by atoms with van der Waals surface area (Å²) in [5.74, 6) is 1.98. The lowest BCUT2D eigenvalue weighted by atomic mass is 9.84. The van der Waals surface area contributed by atoms with Gasteiger partial charge >= 0.3 is 0 Å². The molecular formula is C16H30O. The average Bonchev–Trinajstić information content (AvgIpc) is 2.40. The van der Waals surface area contributed by atoms with Crippen molar-refractivity contribution in [2.75, 3.05) is 0 Å². The Kier molecular flexibility index (Phi) is 5.34. The molecule has 17 heavy (non-hydrogen) atoms. The summed E-state index contributed by atoms with van der Waals surface area (Å²) < 4.78 is 6.32. The van der Waals surface area contributed by atoms with Gasteiger partial charge in [-0.3, -0.25) is 0 Å². The predicted octanol–water partition coefficient (Wildman–Crippen LogP) is 4.94. The Hall–Kier alpha value is -0.0400. The second-order valence-electron chi connectivity index (χ2n) is 6.24. The highest BCUT2D eigenvalue weighted by atomic mass is 16.5. The van der Waals surface area contributed by atoms with Crippen molar-refractivity contribution in [1.82, 2.24) is 0 Å². The van der Waals surface area contributed by atoms with Crippen molar-refractivity contribution in [3.05, 3.63) is 0 Å². The summed E-state index contributed by atoms with van der Waals surface area (Å²) in [4.78, 5) is 0. The Labute approximate surface area is 107 Å². The SMILES string of the molecule is CCC1CCC(OC2CCC(CC)CC2)CC1. The molecule has 0 saturated heterocycles. The summed E-state index contributed by atoms with van der Waals surface area (Å²) in [6, 6.07) is 0. The Bertz CT molecular complexity index is 176. The van der Waals surface area contributed by atoms with Crippen LogP contribution in [0, 0.1) is 11.8 Å². The second kappa shape index (κ2) is 6.78. The molecule has 0 heterocycles. The van der Waals surface area contributed by atoms with Crippen LogP contribution in [0.5, 0.6) is 0 Å². The van der Waals surface area contributed by atoms with Crippen LogP contribution in [0.3, 0.4) is 0 Å². The highest BCUT2D eigenvalue weighted by Gasteiger charge is 2.26. The van der Waals surface area contributed by atoms with Gasteiger partial charge in [0.1, 0.15) is 0 Å². The Morgan fingerprint density at radius 2 is 1.00 bits per heavy atom.